The Labute approximate surface area is 151 Å². The van der Waals surface area contributed by atoms with Gasteiger partial charge in [-0.05, 0) is 36.8 Å². The molecule has 0 spiro atoms. The fourth-order valence-corrected chi connectivity index (χ4v) is 3.94. The Hall–Kier alpha value is -2.70. The molecule has 2 aromatic heterocycles. The third-order valence-corrected chi connectivity index (χ3v) is 5.20. The van der Waals surface area contributed by atoms with Gasteiger partial charge in [-0.2, -0.15) is 0 Å². The highest BCUT2D eigenvalue weighted by molar-refractivity contribution is 7.23. The van der Waals surface area contributed by atoms with E-state index < -0.39 is 5.91 Å². The van der Waals surface area contributed by atoms with E-state index in [2.05, 4.69) is 10.3 Å². The van der Waals surface area contributed by atoms with Gasteiger partial charge in [-0.15, -0.1) is 0 Å². The summed E-state index contributed by atoms with van der Waals surface area (Å²) in [5, 5.41) is 2.94. The van der Waals surface area contributed by atoms with Crippen LogP contribution in [0.2, 0.25) is 5.02 Å². The number of carbonyl (C=O) groups excluding carboxylic acids is 1. The second kappa shape index (κ2) is 5.98. The number of nitrogens with zero attached hydrogens (tertiary/aromatic N) is 2. The second-order valence-electron chi connectivity index (χ2n) is 5.60. The van der Waals surface area contributed by atoms with Gasteiger partial charge in [0.25, 0.3) is 11.5 Å². The van der Waals surface area contributed by atoms with Crippen molar-refractivity contribution in [2.75, 3.05) is 5.32 Å². The fourth-order valence-electron chi connectivity index (χ4n) is 2.63. The zero-order chi connectivity index (χ0) is 17.6. The number of amides is 1. The number of rotatable bonds is 2. The largest absolute Gasteiger partial charge is 0.316 e. The highest BCUT2D eigenvalue weighted by Crippen LogP contribution is 2.25. The van der Waals surface area contributed by atoms with Crippen LogP contribution in [0, 0.1) is 6.92 Å². The van der Waals surface area contributed by atoms with Crippen molar-refractivity contribution >= 4 is 49.7 Å². The van der Waals surface area contributed by atoms with E-state index in [4.69, 9.17) is 11.6 Å². The average Bonchev–Trinajstić information content (AvgIpc) is 2.95. The summed E-state index contributed by atoms with van der Waals surface area (Å²) in [6.07, 6.45) is 1.38. The van der Waals surface area contributed by atoms with Gasteiger partial charge in [-0.25, -0.2) is 9.38 Å². The van der Waals surface area contributed by atoms with Gasteiger partial charge in [-0.3, -0.25) is 9.59 Å². The maximum absolute atomic E-state index is 12.8. The molecular formula is C18H12ClN3O2S. The number of nitrogens with one attached hydrogen (secondary N) is 1. The van der Waals surface area contributed by atoms with Crippen LogP contribution in [0.3, 0.4) is 0 Å². The van der Waals surface area contributed by atoms with Crippen molar-refractivity contribution in [3.8, 4) is 0 Å². The van der Waals surface area contributed by atoms with E-state index >= 15 is 0 Å². The van der Waals surface area contributed by atoms with Crippen molar-refractivity contribution in [3.05, 3.63) is 75.2 Å². The predicted octanol–water partition coefficient (Wildman–Crippen LogP) is 4.12. The lowest BCUT2D eigenvalue weighted by Gasteiger charge is -2.06. The van der Waals surface area contributed by atoms with Gasteiger partial charge in [0.15, 0.2) is 4.96 Å². The van der Waals surface area contributed by atoms with Gasteiger partial charge in [0.05, 0.1) is 27.0 Å². The lowest BCUT2D eigenvalue weighted by molar-refractivity contribution is 0.102. The van der Waals surface area contributed by atoms with E-state index in [0.29, 0.717) is 15.5 Å². The topological polar surface area (TPSA) is 63.5 Å². The van der Waals surface area contributed by atoms with E-state index in [9.17, 15) is 9.59 Å². The Morgan fingerprint density at radius 3 is 2.84 bits per heavy atom. The molecule has 0 unspecified atom stereocenters. The van der Waals surface area contributed by atoms with Crippen molar-refractivity contribution in [1.29, 1.82) is 0 Å². The van der Waals surface area contributed by atoms with Crippen molar-refractivity contribution < 1.29 is 4.79 Å². The Bertz CT molecular complexity index is 1200. The number of aryl methyl sites for hydroxylation is 1. The molecule has 0 fully saturated rings. The first-order chi connectivity index (χ1) is 12.0. The maximum atomic E-state index is 12.8. The first-order valence-electron chi connectivity index (χ1n) is 7.51. The molecule has 25 heavy (non-hydrogen) atoms. The summed E-state index contributed by atoms with van der Waals surface area (Å²) in [5.74, 6) is -0.445. The molecule has 1 amide bonds. The zero-order valence-corrected chi connectivity index (χ0v) is 14.7. The van der Waals surface area contributed by atoms with Crippen LogP contribution >= 0.6 is 22.9 Å². The molecule has 2 heterocycles. The van der Waals surface area contributed by atoms with E-state index in [0.717, 1.165) is 15.8 Å². The standard InChI is InChI=1S/C18H12ClN3O2S/c1-10-6-7-14-15(8-10)25-18-20-9-13(17(24)22(14)18)21-16(23)11-4-2-3-5-12(11)19/h2-9H,1H3,(H,21,23). The van der Waals surface area contributed by atoms with Crippen LogP contribution in [0.1, 0.15) is 15.9 Å². The number of aromatic nitrogens is 2. The number of anilines is 1. The third kappa shape index (κ3) is 2.69. The molecule has 4 aromatic rings. The molecule has 7 heteroatoms. The molecule has 0 bridgehead atoms. The maximum Gasteiger partial charge on any atom is 0.282 e. The number of halogens is 1. The van der Waals surface area contributed by atoms with Crippen LogP contribution in [0.15, 0.2) is 53.5 Å². The van der Waals surface area contributed by atoms with Crippen LogP contribution in [-0.2, 0) is 0 Å². The minimum absolute atomic E-state index is 0.114. The first-order valence-corrected chi connectivity index (χ1v) is 8.71. The molecule has 0 saturated heterocycles. The lowest BCUT2D eigenvalue weighted by atomic mass is 10.2. The minimum atomic E-state index is -0.445. The molecular weight excluding hydrogens is 358 g/mol. The summed E-state index contributed by atoms with van der Waals surface area (Å²) in [6.45, 7) is 2.00. The number of thiazole rings is 1. The molecule has 4 rings (SSSR count). The molecule has 1 N–H and O–H groups in total. The monoisotopic (exact) mass is 369 g/mol. The molecule has 0 atom stereocenters. The molecule has 0 radical (unpaired) electrons. The van der Waals surface area contributed by atoms with Gasteiger partial charge in [0, 0.05) is 0 Å². The van der Waals surface area contributed by atoms with Gasteiger partial charge >= 0.3 is 0 Å². The Balaban J connectivity index is 1.82. The summed E-state index contributed by atoms with van der Waals surface area (Å²) in [5.41, 5.74) is 1.99. The summed E-state index contributed by atoms with van der Waals surface area (Å²) in [4.78, 5) is 30.1. The highest BCUT2D eigenvalue weighted by Gasteiger charge is 2.15. The molecule has 2 aromatic carbocycles. The zero-order valence-electron chi connectivity index (χ0n) is 13.1. The smallest absolute Gasteiger partial charge is 0.282 e. The van der Waals surface area contributed by atoms with Crippen molar-refractivity contribution in [2.45, 2.75) is 6.92 Å². The number of hydrogen-bond donors (Lipinski definition) is 1. The van der Waals surface area contributed by atoms with Crippen molar-refractivity contribution in [1.82, 2.24) is 9.38 Å². The molecule has 5 nitrogen and oxygen atoms in total. The van der Waals surface area contributed by atoms with Crippen LogP contribution in [0.5, 0.6) is 0 Å². The quantitative estimate of drug-likeness (QED) is 0.578. The van der Waals surface area contributed by atoms with Crippen LogP contribution in [-0.4, -0.2) is 15.3 Å². The second-order valence-corrected chi connectivity index (χ2v) is 7.02. The van der Waals surface area contributed by atoms with Crippen LogP contribution in [0.25, 0.3) is 15.2 Å². The predicted molar refractivity (Wildman–Crippen MR) is 101 cm³/mol. The number of benzene rings is 2. The fraction of sp³-hybridized carbons (Fsp3) is 0.0556. The number of carbonyl (C=O) groups is 1. The van der Waals surface area contributed by atoms with E-state index in [1.54, 1.807) is 24.3 Å². The van der Waals surface area contributed by atoms with Crippen molar-refractivity contribution in [2.24, 2.45) is 0 Å². The first kappa shape index (κ1) is 15.8. The van der Waals surface area contributed by atoms with E-state index in [-0.39, 0.29) is 11.2 Å². The summed E-state index contributed by atoms with van der Waals surface area (Å²) in [7, 11) is 0. The average molecular weight is 370 g/mol. The van der Waals surface area contributed by atoms with Gasteiger partial charge in [0.2, 0.25) is 0 Å². The minimum Gasteiger partial charge on any atom is -0.316 e. The molecule has 0 aliphatic carbocycles. The van der Waals surface area contributed by atoms with Gasteiger partial charge < -0.3 is 5.32 Å². The number of fused-ring (bicyclic) bond motifs is 3. The lowest BCUT2D eigenvalue weighted by Crippen LogP contribution is -2.22. The van der Waals surface area contributed by atoms with Crippen LogP contribution < -0.4 is 10.9 Å². The molecule has 0 saturated carbocycles. The normalized spacial score (nSPS) is 11.1. The van der Waals surface area contributed by atoms with Gasteiger partial charge in [-0.1, -0.05) is 41.1 Å². The SMILES string of the molecule is Cc1ccc2c(c1)sc1ncc(NC(=O)c3ccccc3Cl)c(=O)n12. The number of hydrogen-bond acceptors (Lipinski definition) is 4. The molecule has 0 aliphatic rings. The molecule has 124 valence electrons. The Kier molecular flexibility index (Phi) is 3.78. The summed E-state index contributed by atoms with van der Waals surface area (Å²) < 4.78 is 2.49. The highest BCUT2D eigenvalue weighted by atomic mass is 35.5. The Morgan fingerprint density at radius 1 is 1.24 bits per heavy atom. The molecule has 0 aliphatic heterocycles. The third-order valence-electron chi connectivity index (χ3n) is 3.85. The summed E-state index contributed by atoms with van der Waals surface area (Å²) >= 11 is 7.47. The van der Waals surface area contributed by atoms with E-state index in [1.165, 1.54) is 21.9 Å². The van der Waals surface area contributed by atoms with Crippen molar-refractivity contribution in [3.63, 3.8) is 0 Å². The van der Waals surface area contributed by atoms with E-state index in [1.807, 2.05) is 25.1 Å². The summed E-state index contributed by atoms with van der Waals surface area (Å²) in [6, 6.07) is 12.5. The van der Waals surface area contributed by atoms with Crippen LogP contribution in [0.4, 0.5) is 5.69 Å². The van der Waals surface area contributed by atoms with Gasteiger partial charge in [0.1, 0.15) is 5.69 Å². The Morgan fingerprint density at radius 2 is 2.04 bits per heavy atom.